The molecule has 1 aromatic rings. The molecule has 0 unspecified atom stereocenters. The average Bonchev–Trinajstić information content (AvgIpc) is 2.24. The van der Waals surface area contributed by atoms with Crippen LogP contribution in [-0.4, -0.2) is 24.3 Å². The van der Waals surface area contributed by atoms with E-state index in [0.29, 0.717) is 0 Å². The van der Waals surface area contributed by atoms with Crippen LogP contribution in [0.5, 0.6) is 0 Å². The number of hydrogen-bond acceptors (Lipinski definition) is 2. The van der Waals surface area contributed by atoms with Crippen molar-refractivity contribution in [3.05, 3.63) is 35.4 Å². The van der Waals surface area contributed by atoms with Gasteiger partial charge in [-0.1, -0.05) is 24.3 Å². The van der Waals surface area contributed by atoms with Gasteiger partial charge in [-0.2, -0.15) is 0 Å². The standard InChI is InChI=1S/C14H23NO/c1-14(2,16)10-8-12-4-6-13(7-5-12)9-11-15-3/h4-7,15-16H,8-11H2,1-3H3. The van der Waals surface area contributed by atoms with Gasteiger partial charge in [0.2, 0.25) is 0 Å². The predicted octanol–water partition coefficient (Wildman–Crippen LogP) is 2.15. The zero-order valence-electron chi connectivity index (χ0n) is 10.6. The number of benzene rings is 1. The second kappa shape index (κ2) is 6.02. The average molecular weight is 221 g/mol. The second-order valence-corrected chi connectivity index (χ2v) is 4.98. The summed E-state index contributed by atoms with van der Waals surface area (Å²) in [6.07, 6.45) is 2.82. The molecule has 0 spiro atoms. The van der Waals surface area contributed by atoms with Crippen LogP contribution in [-0.2, 0) is 12.8 Å². The first-order valence-electron chi connectivity index (χ1n) is 5.96. The molecule has 0 radical (unpaired) electrons. The first kappa shape index (κ1) is 13.2. The van der Waals surface area contributed by atoms with E-state index in [9.17, 15) is 5.11 Å². The van der Waals surface area contributed by atoms with Crippen LogP contribution >= 0.6 is 0 Å². The monoisotopic (exact) mass is 221 g/mol. The van der Waals surface area contributed by atoms with Gasteiger partial charge < -0.3 is 10.4 Å². The summed E-state index contributed by atoms with van der Waals surface area (Å²) >= 11 is 0. The van der Waals surface area contributed by atoms with Crippen LogP contribution in [0.3, 0.4) is 0 Å². The molecule has 0 aliphatic rings. The van der Waals surface area contributed by atoms with Gasteiger partial charge in [0, 0.05) is 0 Å². The number of aliphatic hydroxyl groups is 1. The number of rotatable bonds is 6. The zero-order valence-corrected chi connectivity index (χ0v) is 10.6. The Hall–Kier alpha value is -0.860. The Kier molecular flexibility index (Phi) is 4.97. The molecule has 0 aliphatic heterocycles. The van der Waals surface area contributed by atoms with Crippen molar-refractivity contribution in [2.45, 2.75) is 38.7 Å². The van der Waals surface area contributed by atoms with E-state index >= 15 is 0 Å². The molecule has 2 heteroatoms. The first-order chi connectivity index (χ1) is 7.51. The molecule has 1 aromatic carbocycles. The molecule has 0 aliphatic carbocycles. The maximum absolute atomic E-state index is 9.64. The van der Waals surface area contributed by atoms with E-state index in [1.165, 1.54) is 11.1 Å². The van der Waals surface area contributed by atoms with Crippen LogP contribution in [0.1, 0.15) is 31.4 Å². The van der Waals surface area contributed by atoms with Crippen molar-refractivity contribution in [1.82, 2.24) is 5.32 Å². The lowest BCUT2D eigenvalue weighted by molar-refractivity contribution is 0.0714. The minimum Gasteiger partial charge on any atom is -0.390 e. The lowest BCUT2D eigenvalue weighted by Crippen LogP contribution is -2.19. The van der Waals surface area contributed by atoms with Gasteiger partial charge in [0.15, 0.2) is 0 Å². The smallest absolute Gasteiger partial charge is 0.0594 e. The number of nitrogens with one attached hydrogen (secondary N) is 1. The molecule has 0 saturated carbocycles. The largest absolute Gasteiger partial charge is 0.390 e. The van der Waals surface area contributed by atoms with Crippen molar-refractivity contribution >= 4 is 0 Å². The Bertz CT molecular complexity index is 298. The molecule has 0 aromatic heterocycles. The van der Waals surface area contributed by atoms with Gasteiger partial charge in [-0.05, 0) is 57.8 Å². The minimum atomic E-state index is -0.565. The van der Waals surface area contributed by atoms with Gasteiger partial charge in [-0.3, -0.25) is 0 Å². The Morgan fingerprint density at radius 2 is 1.56 bits per heavy atom. The van der Waals surface area contributed by atoms with Crippen molar-refractivity contribution in [2.24, 2.45) is 0 Å². The van der Waals surface area contributed by atoms with Gasteiger partial charge in [0.1, 0.15) is 0 Å². The van der Waals surface area contributed by atoms with Gasteiger partial charge >= 0.3 is 0 Å². The highest BCUT2D eigenvalue weighted by Crippen LogP contribution is 2.13. The van der Waals surface area contributed by atoms with E-state index in [0.717, 1.165) is 25.8 Å². The zero-order chi connectivity index (χ0) is 12.0. The van der Waals surface area contributed by atoms with Crippen LogP contribution in [0.4, 0.5) is 0 Å². The Balaban J connectivity index is 2.45. The predicted molar refractivity (Wildman–Crippen MR) is 68.7 cm³/mol. The van der Waals surface area contributed by atoms with Crippen molar-refractivity contribution in [2.75, 3.05) is 13.6 Å². The van der Waals surface area contributed by atoms with Crippen molar-refractivity contribution < 1.29 is 5.11 Å². The fraction of sp³-hybridized carbons (Fsp3) is 0.571. The molecular weight excluding hydrogens is 198 g/mol. The summed E-state index contributed by atoms with van der Waals surface area (Å²) in [5.74, 6) is 0. The van der Waals surface area contributed by atoms with E-state index in [4.69, 9.17) is 0 Å². The lowest BCUT2D eigenvalue weighted by Gasteiger charge is -2.16. The molecule has 0 amide bonds. The van der Waals surface area contributed by atoms with Gasteiger partial charge in [0.25, 0.3) is 0 Å². The molecule has 0 bridgehead atoms. The third-order valence-corrected chi connectivity index (χ3v) is 2.71. The summed E-state index contributed by atoms with van der Waals surface area (Å²) in [7, 11) is 1.97. The molecule has 0 heterocycles. The maximum Gasteiger partial charge on any atom is 0.0594 e. The molecule has 1 rings (SSSR count). The van der Waals surface area contributed by atoms with Crippen LogP contribution in [0.25, 0.3) is 0 Å². The SMILES string of the molecule is CNCCc1ccc(CCC(C)(C)O)cc1. The van der Waals surface area contributed by atoms with E-state index < -0.39 is 5.60 Å². The molecule has 2 nitrogen and oxygen atoms in total. The topological polar surface area (TPSA) is 32.3 Å². The normalized spacial score (nSPS) is 11.8. The fourth-order valence-corrected chi connectivity index (χ4v) is 1.59. The molecule has 0 fully saturated rings. The summed E-state index contributed by atoms with van der Waals surface area (Å²) in [5, 5.41) is 12.8. The third kappa shape index (κ3) is 5.29. The van der Waals surface area contributed by atoms with Crippen molar-refractivity contribution in [1.29, 1.82) is 0 Å². The van der Waals surface area contributed by atoms with Gasteiger partial charge in [0.05, 0.1) is 5.60 Å². The number of likely N-dealkylation sites (N-methyl/N-ethyl adjacent to an activating group) is 1. The number of aryl methyl sites for hydroxylation is 1. The summed E-state index contributed by atoms with van der Waals surface area (Å²) < 4.78 is 0. The quantitative estimate of drug-likeness (QED) is 0.771. The highest BCUT2D eigenvalue weighted by molar-refractivity contribution is 5.23. The van der Waals surface area contributed by atoms with Crippen LogP contribution in [0.15, 0.2) is 24.3 Å². The first-order valence-corrected chi connectivity index (χ1v) is 5.96. The Morgan fingerprint density at radius 1 is 1.06 bits per heavy atom. The van der Waals surface area contributed by atoms with Crippen molar-refractivity contribution in [3.8, 4) is 0 Å². The van der Waals surface area contributed by atoms with Crippen LogP contribution < -0.4 is 5.32 Å². The highest BCUT2D eigenvalue weighted by atomic mass is 16.3. The van der Waals surface area contributed by atoms with E-state index in [-0.39, 0.29) is 0 Å². The summed E-state index contributed by atoms with van der Waals surface area (Å²) in [6.45, 7) is 4.73. The molecule has 0 atom stereocenters. The highest BCUT2D eigenvalue weighted by Gasteiger charge is 2.11. The van der Waals surface area contributed by atoms with Gasteiger partial charge in [-0.25, -0.2) is 0 Å². The Labute approximate surface area is 98.7 Å². The van der Waals surface area contributed by atoms with Crippen LogP contribution in [0, 0.1) is 0 Å². The van der Waals surface area contributed by atoms with E-state index in [2.05, 4.69) is 29.6 Å². The number of hydrogen-bond donors (Lipinski definition) is 2. The molecule has 0 saturated heterocycles. The molecule has 2 N–H and O–H groups in total. The molecular formula is C14H23NO. The van der Waals surface area contributed by atoms with E-state index in [1.54, 1.807) is 0 Å². The Morgan fingerprint density at radius 3 is 2.00 bits per heavy atom. The van der Waals surface area contributed by atoms with Crippen molar-refractivity contribution in [3.63, 3.8) is 0 Å². The molecule has 90 valence electrons. The second-order valence-electron chi connectivity index (χ2n) is 4.98. The van der Waals surface area contributed by atoms with Gasteiger partial charge in [-0.15, -0.1) is 0 Å². The summed E-state index contributed by atoms with van der Waals surface area (Å²) in [6, 6.07) is 8.68. The van der Waals surface area contributed by atoms with Crippen LogP contribution in [0.2, 0.25) is 0 Å². The summed E-state index contributed by atoms with van der Waals surface area (Å²) in [4.78, 5) is 0. The fourth-order valence-electron chi connectivity index (χ4n) is 1.59. The van der Waals surface area contributed by atoms with E-state index in [1.807, 2.05) is 20.9 Å². The lowest BCUT2D eigenvalue weighted by atomic mass is 9.98. The third-order valence-electron chi connectivity index (χ3n) is 2.71. The maximum atomic E-state index is 9.64. The minimum absolute atomic E-state index is 0.565. The molecule has 16 heavy (non-hydrogen) atoms. The summed E-state index contributed by atoms with van der Waals surface area (Å²) in [5.41, 5.74) is 2.10.